The van der Waals surface area contributed by atoms with Crippen LogP contribution in [0.3, 0.4) is 0 Å². The van der Waals surface area contributed by atoms with Crippen molar-refractivity contribution in [2.24, 2.45) is 0 Å². The number of hydrogen-bond donors (Lipinski definition) is 0. The van der Waals surface area contributed by atoms with E-state index in [9.17, 15) is 9.59 Å². The Morgan fingerprint density at radius 2 is 1.90 bits per heavy atom. The van der Waals surface area contributed by atoms with Gasteiger partial charge >= 0.3 is 0 Å². The number of Topliss-reactive ketones (excluding diaryl/α,β-unsaturated/α-hetero) is 1. The zero-order valence-electron chi connectivity index (χ0n) is 11.8. The summed E-state index contributed by atoms with van der Waals surface area (Å²) >= 11 is 6.07. The minimum absolute atomic E-state index is 0.136. The van der Waals surface area contributed by atoms with E-state index in [-0.39, 0.29) is 16.9 Å². The Hall–Kier alpha value is -2.20. The molecule has 21 heavy (non-hydrogen) atoms. The van der Waals surface area contributed by atoms with E-state index < -0.39 is 0 Å². The fraction of sp³-hybridized carbons (Fsp3) is 0.188. The molecule has 3 rings (SSSR count). The summed E-state index contributed by atoms with van der Waals surface area (Å²) in [7, 11) is 0. The Labute approximate surface area is 125 Å². The summed E-state index contributed by atoms with van der Waals surface area (Å²) in [6.07, 6.45) is 0. The van der Waals surface area contributed by atoms with Gasteiger partial charge in [0.05, 0.1) is 16.5 Å². The predicted molar refractivity (Wildman–Crippen MR) is 82.3 cm³/mol. The highest BCUT2D eigenvalue weighted by Gasteiger charge is 2.14. The number of aromatic nitrogens is 1. The first-order valence-electron chi connectivity index (χ1n) is 6.43. The Bertz CT molecular complexity index is 973. The highest BCUT2D eigenvalue weighted by molar-refractivity contribution is 6.32. The van der Waals surface area contributed by atoms with E-state index in [4.69, 9.17) is 16.0 Å². The zero-order valence-corrected chi connectivity index (χ0v) is 12.5. The van der Waals surface area contributed by atoms with Gasteiger partial charge in [-0.15, -0.1) is 0 Å². The van der Waals surface area contributed by atoms with Crippen LogP contribution in [0.15, 0.2) is 27.4 Å². The maximum atomic E-state index is 12.6. The van der Waals surface area contributed by atoms with E-state index in [0.29, 0.717) is 32.6 Å². The predicted octanol–water partition coefficient (Wildman–Crippen LogP) is 3.81. The van der Waals surface area contributed by atoms with Crippen molar-refractivity contribution >= 4 is 39.5 Å². The summed E-state index contributed by atoms with van der Waals surface area (Å²) in [4.78, 5) is 28.4. The minimum Gasteiger partial charge on any atom is -0.437 e. The summed E-state index contributed by atoms with van der Waals surface area (Å²) in [5, 5.41) is 1.18. The number of ketones is 1. The van der Waals surface area contributed by atoms with Gasteiger partial charge in [0.1, 0.15) is 5.58 Å². The lowest BCUT2D eigenvalue weighted by atomic mass is 10.1. The first kappa shape index (κ1) is 13.8. The molecule has 2 aromatic heterocycles. The molecule has 0 fully saturated rings. The fourth-order valence-electron chi connectivity index (χ4n) is 2.35. The van der Waals surface area contributed by atoms with Crippen LogP contribution >= 0.6 is 11.6 Å². The van der Waals surface area contributed by atoms with Crippen molar-refractivity contribution in [3.8, 4) is 0 Å². The second kappa shape index (κ2) is 4.67. The van der Waals surface area contributed by atoms with Crippen molar-refractivity contribution in [1.29, 1.82) is 0 Å². The van der Waals surface area contributed by atoms with Crippen molar-refractivity contribution in [1.82, 2.24) is 4.98 Å². The fourth-order valence-corrected chi connectivity index (χ4v) is 2.51. The van der Waals surface area contributed by atoms with Crippen LogP contribution < -0.4 is 5.43 Å². The summed E-state index contributed by atoms with van der Waals surface area (Å²) in [6.45, 7) is 5.00. The molecule has 0 unspecified atom stereocenters. The zero-order chi connectivity index (χ0) is 15.3. The minimum atomic E-state index is -0.233. The van der Waals surface area contributed by atoms with E-state index in [2.05, 4.69) is 4.98 Å². The number of carbonyl (C=O) groups is 1. The molecule has 106 valence electrons. The van der Waals surface area contributed by atoms with Crippen LogP contribution in [0.2, 0.25) is 5.02 Å². The summed E-state index contributed by atoms with van der Waals surface area (Å²) in [5.74, 6) is -0.136. The number of rotatable bonds is 1. The van der Waals surface area contributed by atoms with E-state index in [1.54, 1.807) is 25.1 Å². The quantitative estimate of drug-likeness (QED) is 0.506. The molecule has 1 aromatic carbocycles. The van der Waals surface area contributed by atoms with Gasteiger partial charge in [-0.2, -0.15) is 0 Å². The number of hydrogen-bond acceptors (Lipinski definition) is 4. The monoisotopic (exact) mass is 301 g/mol. The number of aryl methyl sites for hydroxylation is 2. The average molecular weight is 302 g/mol. The molecule has 0 amide bonds. The second-order valence-corrected chi connectivity index (χ2v) is 5.47. The Balaban J connectivity index is 2.51. The third-order valence-electron chi connectivity index (χ3n) is 3.51. The molecule has 0 bridgehead atoms. The van der Waals surface area contributed by atoms with Crippen LogP contribution in [-0.4, -0.2) is 10.8 Å². The summed E-state index contributed by atoms with van der Waals surface area (Å²) in [5.41, 5.74) is 2.23. The molecule has 0 saturated carbocycles. The van der Waals surface area contributed by atoms with Crippen LogP contribution in [0.5, 0.6) is 0 Å². The largest absolute Gasteiger partial charge is 0.437 e. The molecule has 0 aliphatic heterocycles. The molecule has 0 saturated heterocycles. The van der Waals surface area contributed by atoms with E-state index in [1.165, 1.54) is 6.92 Å². The van der Waals surface area contributed by atoms with Crippen LogP contribution in [0.25, 0.3) is 22.1 Å². The second-order valence-electron chi connectivity index (χ2n) is 5.06. The molecule has 0 spiro atoms. The number of pyridine rings is 1. The lowest BCUT2D eigenvalue weighted by Crippen LogP contribution is -2.07. The van der Waals surface area contributed by atoms with Crippen LogP contribution in [0, 0.1) is 13.8 Å². The number of carbonyl (C=O) groups excluding carboxylic acids is 1. The molecule has 3 aromatic rings. The maximum absolute atomic E-state index is 12.6. The van der Waals surface area contributed by atoms with E-state index in [1.807, 2.05) is 6.92 Å². The standard InChI is InChI=1S/C16H12ClNO3/c1-7-4-14-11(6-13(7)17)15(20)12-5-10(9(3)19)8(2)18-16(12)21-14/h4-6H,1-3H3. The molecule has 0 N–H and O–H groups in total. The van der Waals surface area contributed by atoms with Crippen molar-refractivity contribution in [2.75, 3.05) is 0 Å². The van der Waals surface area contributed by atoms with Gasteiger partial charge in [0.15, 0.2) is 5.78 Å². The van der Waals surface area contributed by atoms with Crippen molar-refractivity contribution in [3.05, 3.63) is 50.3 Å². The first-order valence-corrected chi connectivity index (χ1v) is 6.81. The Morgan fingerprint density at radius 3 is 2.57 bits per heavy atom. The number of nitrogens with zero attached hydrogens (tertiary/aromatic N) is 1. The third kappa shape index (κ3) is 2.12. The van der Waals surface area contributed by atoms with Crippen LogP contribution in [0.1, 0.15) is 28.5 Å². The van der Waals surface area contributed by atoms with Crippen molar-refractivity contribution in [2.45, 2.75) is 20.8 Å². The lowest BCUT2D eigenvalue weighted by molar-refractivity contribution is 0.101. The first-order chi connectivity index (χ1) is 9.88. The molecular formula is C16H12ClNO3. The lowest BCUT2D eigenvalue weighted by Gasteiger charge is -2.06. The number of benzene rings is 1. The maximum Gasteiger partial charge on any atom is 0.230 e. The smallest absolute Gasteiger partial charge is 0.230 e. The summed E-state index contributed by atoms with van der Waals surface area (Å²) < 4.78 is 5.70. The summed E-state index contributed by atoms with van der Waals surface area (Å²) in [6, 6.07) is 4.85. The average Bonchev–Trinajstić information content (AvgIpc) is 2.40. The molecular weight excluding hydrogens is 290 g/mol. The van der Waals surface area contributed by atoms with Gasteiger partial charge in [-0.25, -0.2) is 4.98 Å². The van der Waals surface area contributed by atoms with Gasteiger partial charge in [-0.3, -0.25) is 9.59 Å². The third-order valence-corrected chi connectivity index (χ3v) is 3.92. The van der Waals surface area contributed by atoms with Crippen LogP contribution in [0.4, 0.5) is 0 Å². The molecule has 4 nitrogen and oxygen atoms in total. The molecule has 2 heterocycles. The normalized spacial score (nSPS) is 11.2. The van der Waals surface area contributed by atoms with E-state index >= 15 is 0 Å². The SMILES string of the molecule is CC(=O)c1cc2c(=O)c3cc(Cl)c(C)cc3oc2nc1C. The van der Waals surface area contributed by atoms with Gasteiger partial charge in [-0.1, -0.05) is 11.6 Å². The van der Waals surface area contributed by atoms with Crippen molar-refractivity contribution < 1.29 is 9.21 Å². The molecule has 0 atom stereocenters. The highest BCUT2D eigenvalue weighted by atomic mass is 35.5. The Kier molecular flexibility index (Phi) is 3.06. The molecule has 0 aliphatic carbocycles. The van der Waals surface area contributed by atoms with Gasteiger partial charge in [0.2, 0.25) is 11.1 Å². The topological polar surface area (TPSA) is 60.2 Å². The van der Waals surface area contributed by atoms with Gasteiger partial charge < -0.3 is 4.42 Å². The Morgan fingerprint density at radius 1 is 1.19 bits per heavy atom. The highest BCUT2D eigenvalue weighted by Crippen LogP contribution is 2.25. The number of fused-ring (bicyclic) bond motifs is 2. The number of halogens is 1. The molecule has 0 aliphatic rings. The van der Waals surface area contributed by atoms with Crippen LogP contribution in [-0.2, 0) is 0 Å². The van der Waals surface area contributed by atoms with E-state index in [0.717, 1.165) is 5.56 Å². The van der Waals surface area contributed by atoms with Gasteiger partial charge in [0, 0.05) is 10.6 Å². The van der Waals surface area contributed by atoms with Gasteiger partial charge in [-0.05, 0) is 44.5 Å². The van der Waals surface area contributed by atoms with Crippen molar-refractivity contribution in [3.63, 3.8) is 0 Å². The molecule has 5 heteroatoms. The molecule has 0 radical (unpaired) electrons. The van der Waals surface area contributed by atoms with Gasteiger partial charge in [0.25, 0.3) is 0 Å².